The number of hydrogen-bond acceptors (Lipinski definition) is 1. The Labute approximate surface area is 89.2 Å². The lowest BCUT2D eigenvalue weighted by Gasteiger charge is -2.38. The van der Waals surface area contributed by atoms with Crippen LogP contribution in [0.1, 0.15) is 47.5 Å². The standard InChI is InChI=1S/C13H26O/c1-9(2)6-13-12(10(3)4)7-11(5)8-14-13/h9-13H,6-8H2,1-5H3. The fourth-order valence-electron chi connectivity index (χ4n) is 2.50. The maximum absolute atomic E-state index is 5.97. The average molecular weight is 198 g/mol. The third-order valence-corrected chi connectivity index (χ3v) is 3.31. The Bertz CT molecular complexity index is 163. The van der Waals surface area contributed by atoms with Crippen LogP contribution in [0, 0.1) is 23.7 Å². The Morgan fingerprint density at radius 2 is 1.86 bits per heavy atom. The predicted octanol–water partition coefficient (Wildman–Crippen LogP) is 3.73. The van der Waals surface area contributed by atoms with E-state index in [0.717, 1.165) is 30.3 Å². The van der Waals surface area contributed by atoms with Gasteiger partial charge in [-0.3, -0.25) is 0 Å². The normalized spacial score (nSPS) is 34.1. The van der Waals surface area contributed by atoms with E-state index in [9.17, 15) is 0 Å². The van der Waals surface area contributed by atoms with Gasteiger partial charge in [0.1, 0.15) is 0 Å². The molecular weight excluding hydrogens is 172 g/mol. The van der Waals surface area contributed by atoms with E-state index in [1.807, 2.05) is 0 Å². The lowest BCUT2D eigenvalue weighted by molar-refractivity contribution is -0.0747. The molecule has 0 saturated carbocycles. The van der Waals surface area contributed by atoms with Crippen molar-refractivity contribution in [3.8, 4) is 0 Å². The third kappa shape index (κ3) is 3.27. The van der Waals surface area contributed by atoms with Crippen LogP contribution in [0.5, 0.6) is 0 Å². The summed E-state index contributed by atoms with van der Waals surface area (Å²) in [4.78, 5) is 0. The van der Waals surface area contributed by atoms with Crippen LogP contribution < -0.4 is 0 Å². The molecule has 0 aromatic heterocycles. The fraction of sp³-hybridized carbons (Fsp3) is 1.00. The van der Waals surface area contributed by atoms with Gasteiger partial charge in [0.05, 0.1) is 6.10 Å². The smallest absolute Gasteiger partial charge is 0.0608 e. The van der Waals surface area contributed by atoms with E-state index in [2.05, 4.69) is 34.6 Å². The Balaban J connectivity index is 2.53. The summed E-state index contributed by atoms with van der Waals surface area (Å²) in [5.41, 5.74) is 0. The maximum atomic E-state index is 5.97. The van der Waals surface area contributed by atoms with Crippen LogP contribution in [0.4, 0.5) is 0 Å². The third-order valence-electron chi connectivity index (χ3n) is 3.31. The molecule has 0 aromatic carbocycles. The molecule has 0 aromatic rings. The highest BCUT2D eigenvalue weighted by Gasteiger charge is 2.31. The van der Waals surface area contributed by atoms with Gasteiger partial charge >= 0.3 is 0 Å². The van der Waals surface area contributed by atoms with Crippen LogP contribution in [0.15, 0.2) is 0 Å². The molecule has 0 aliphatic carbocycles. The van der Waals surface area contributed by atoms with Crippen molar-refractivity contribution in [2.45, 2.75) is 53.6 Å². The molecule has 1 rings (SSSR count). The Morgan fingerprint density at radius 1 is 1.21 bits per heavy atom. The minimum absolute atomic E-state index is 0.520. The predicted molar refractivity (Wildman–Crippen MR) is 61.3 cm³/mol. The zero-order valence-electron chi connectivity index (χ0n) is 10.4. The van der Waals surface area contributed by atoms with E-state index < -0.39 is 0 Å². The molecule has 1 aliphatic heterocycles. The van der Waals surface area contributed by atoms with Crippen molar-refractivity contribution in [3.05, 3.63) is 0 Å². The largest absolute Gasteiger partial charge is 0.378 e. The van der Waals surface area contributed by atoms with Crippen molar-refractivity contribution in [2.75, 3.05) is 6.61 Å². The van der Waals surface area contributed by atoms with Gasteiger partial charge in [-0.2, -0.15) is 0 Å². The van der Waals surface area contributed by atoms with Crippen LogP contribution >= 0.6 is 0 Å². The molecule has 0 spiro atoms. The second-order valence-corrected chi connectivity index (χ2v) is 5.75. The molecule has 1 fully saturated rings. The molecule has 0 N–H and O–H groups in total. The van der Waals surface area contributed by atoms with Gasteiger partial charge < -0.3 is 4.74 Å². The molecule has 14 heavy (non-hydrogen) atoms. The molecule has 84 valence electrons. The highest BCUT2D eigenvalue weighted by atomic mass is 16.5. The quantitative estimate of drug-likeness (QED) is 0.671. The number of ether oxygens (including phenoxy) is 1. The van der Waals surface area contributed by atoms with Gasteiger partial charge in [0, 0.05) is 6.61 Å². The van der Waals surface area contributed by atoms with Gasteiger partial charge in [0.15, 0.2) is 0 Å². The Kier molecular flexibility index (Phi) is 4.43. The molecule has 1 heterocycles. The summed E-state index contributed by atoms with van der Waals surface area (Å²) in [5, 5.41) is 0. The van der Waals surface area contributed by atoms with E-state index in [-0.39, 0.29) is 0 Å². The van der Waals surface area contributed by atoms with Crippen molar-refractivity contribution in [2.24, 2.45) is 23.7 Å². The van der Waals surface area contributed by atoms with Crippen molar-refractivity contribution < 1.29 is 4.74 Å². The second-order valence-electron chi connectivity index (χ2n) is 5.75. The van der Waals surface area contributed by atoms with Gasteiger partial charge in [-0.05, 0) is 36.5 Å². The highest BCUT2D eigenvalue weighted by molar-refractivity contribution is 4.80. The van der Waals surface area contributed by atoms with Crippen LogP contribution in [-0.4, -0.2) is 12.7 Å². The molecule has 1 aliphatic rings. The van der Waals surface area contributed by atoms with E-state index in [4.69, 9.17) is 4.74 Å². The van der Waals surface area contributed by atoms with Crippen LogP contribution in [-0.2, 0) is 4.74 Å². The lowest BCUT2D eigenvalue weighted by Crippen LogP contribution is -2.37. The molecule has 1 heteroatoms. The van der Waals surface area contributed by atoms with E-state index >= 15 is 0 Å². The van der Waals surface area contributed by atoms with Gasteiger partial charge in [0.2, 0.25) is 0 Å². The summed E-state index contributed by atoms with van der Waals surface area (Å²) in [6.07, 6.45) is 3.11. The van der Waals surface area contributed by atoms with Gasteiger partial charge in [-0.1, -0.05) is 34.6 Å². The summed E-state index contributed by atoms with van der Waals surface area (Å²) in [7, 11) is 0. The minimum Gasteiger partial charge on any atom is -0.378 e. The van der Waals surface area contributed by atoms with Crippen molar-refractivity contribution in [1.29, 1.82) is 0 Å². The topological polar surface area (TPSA) is 9.23 Å². The molecule has 0 radical (unpaired) electrons. The van der Waals surface area contributed by atoms with Crippen molar-refractivity contribution in [3.63, 3.8) is 0 Å². The zero-order chi connectivity index (χ0) is 10.7. The molecule has 0 bridgehead atoms. The van der Waals surface area contributed by atoms with Crippen molar-refractivity contribution >= 4 is 0 Å². The average Bonchev–Trinajstić information content (AvgIpc) is 2.07. The first-order chi connectivity index (χ1) is 6.50. The summed E-state index contributed by atoms with van der Waals surface area (Å²) in [6.45, 7) is 12.5. The van der Waals surface area contributed by atoms with Crippen LogP contribution in [0.3, 0.4) is 0 Å². The molecule has 0 amide bonds. The highest BCUT2D eigenvalue weighted by Crippen LogP contribution is 2.33. The van der Waals surface area contributed by atoms with Crippen LogP contribution in [0.2, 0.25) is 0 Å². The Morgan fingerprint density at radius 3 is 2.36 bits per heavy atom. The summed E-state index contributed by atoms with van der Waals surface area (Å²) < 4.78 is 5.97. The molecular formula is C13H26O. The molecule has 3 atom stereocenters. The first-order valence-corrected chi connectivity index (χ1v) is 6.12. The lowest BCUT2D eigenvalue weighted by atomic mass is 9.78. The minimum atomic E-state index is 0.520. The zero-order valence-corrected chi connectivity index (χ0v) is 10.4. The molecule has 1 saturated heterocycles. The summed E-state index contributed by atoms with van der Waals surface area (Å²) in [6, 6.07) is 0. The van der Waals surface area contributed by atoms with Crippen LogP contribution in [0.25, 0.3) is 0 Å². The Hall–Kier alpha value is -0.0400. The van der Waals surface area contributed by atoms with Crippen molar-refractivity contribution in [1.82, 2.24) is 0 Å². The van der Waals surface area contributed by atoms with E-state index in [1.165, 1.54) is 12.8 Å². The SMILES string of the molecule is CC(C)CC1OCC(C)CC1C(C)C. The van der Waals surface area contributed by atoms with E-state index in [1.54, 1.807) is 0 Å². The number of hydrogen-bond donors (Lipinski definition) is 0. The maximum Gasteiger partial charge on any atom is 0.0608 e. The molecule has 1 nitrogen and oxygen atoms in total. The number of rotatable bonds is 3. The molecule has 3 unspecified atom stereocenters. The monoisotopic (exact) mass is 198 g/mol. The van der Waals surface area contributed by atoms with Gasteiger partial charge in [0.25, 0.3) is 0 Å². The first-order valence-electron chi connectivity index (χ1n) is 6.12. The van der Waals surface area contributed by atoms with Gasteiger partial charge in [-0.15, -0.1) is 0 Å². The summed E-state index contributed by atoms with van der Waals surface area (Å²) in [5.74, 6) is 3.06. The first kappa shape index (κ1) is 12.0. The van der Waals surface area contributed by atoms with Gasteiger partial charge in [-0.25, -0.2) is 0 Å². The fourth-order valence-corrected chi connectivity index (χ4v) is 2.50. The second kappa shape index (κ2) is 5.16. The summed E-state index contributed by atoms with van der Waals surface area (Å²) >= 11 is 0. The van der Waals surface area contributed by atoms with E-state index in [0.29, 0.717) is 6.10 Å².